The average Bonchev–Trinajstić information content (AvgIpc) is 3.23. The number of aliphatic hydroxyl groups excluding tert-OH is 1. The molecule has 4 fully saturated rings. The molecule has 2 heterocycles. The van der Waals surface area contributed by atoms with Gasteiger partial charge < -0.3 is 19.9 Å². The Hall–Kier alpha value is -0.650. The molecule has 136 valence electrons. The summed E-state index contributed by atoms with van der Waals surface area (Å²) in [5.41, 5.74) is 0.121. The van der Waals surface area contributed by atoms with Gasteiger partial charge in [0.25, 0.3) is 0 Å². The van der Waals surface area contributed by atoms with E-state index >= 15 is 0 Å². The maximum Gasteiger partial charge on any atom is 0.311 e. The van der Waals surface area contributed by atoms with Crippen LogP contribution in [0.25, 0.3) is 0 Å². The predicted octanol–water partition coefficient (Wildman–Crippen LogP) is 1.87. The van der Waals surface area contributed by atoms with E-state index in [9.17, 15) is 9.90 Å². The number of aliphatic hydroxyl groups is 1. The van der Waals surface area contributed by atoms with E-state index in [1.807, 2.05) is 6.92 Å². The van der Waals surface area contributed by atoms with Gasteiger partial charge in [-0.25, -0.2) is 0 Å². The van der Waals surface area contributed by atoms with Gasteiger partial charge in [0.15, 0.2) is 0 Å². The summed E-state index contributed by atoms with van der Waals surface area (Å²) in [5.74, 6) is 0.520. The molecule has 4 rings (SSSR count). The second kappa shape index (κ2) is 5.68. The largest absolute Gasteiger partial charge is 0.462 e. The highest BCUT2D eigenvalue weighted by Gasteiger charge is 2.78. The van der Waals surface area contributed by atoms with Crippen LogP contribution in [0.4, 0.5) is 0 Å². The third-order valence-corrected chi connectivity index (χ3v) is 7.53. The van der Waals surface area contributed by atoms with E-state index < -0.39 is 0 Å². The van der Waals surface area contributed by atoms with Crippen molar-refractivity contribution in [1.82, 2.24) is 5.32 Å². The third kappa shape index (κ3) is 2.14. The molecule has 2 saturated carbocycles. The fourth-order valence-corrected chi connectivity index (χ4v) is 6.10. The monoisotopic (exact) mass is 337 g/mol. The molecule has 0 radical (unpaired) electrons. The first kappa shape index (κ1) is 16.8. The van der Waals surface area contributed by atoms with Gasteiger partial charge in [-0.1, -0.05) is 27.2 Å². The standard InChI is InChI=1S/C19H31NO4/c1-4-12(10-21)20-9-13-15-14(23-17(13)22)8-18(3)7-5-6-11(2)19(18)16(15)24-19/h11-16,20-21H,4-10H2,1-3H3/t11-,12-,13+,14+,15+,16-,18+,19-/m0/s1. The lowest BCUT2D eigenvalue weighted by molar-refractivity contribution is -0.146. The van der Waals surface area contributed by atoms with Crippen LogP contribution in [0.1, 0.15) is 52.9 Å². The highest BCUT2D eigenvalue weighted by Crippen LogP contribution is 2.70. The Kier molecular flexibility index (Phi) is 3.98. The van der Waals surface area contributed by atoms with Crippen molar-refractivity contribution in [1.29, 1.82) is 0 Å². The zero-order chi connectivity index (χ0) is 17.1. The maximum absolute atomic E-state index is 12.5. The molecule has 0 unspecified atom stereocenters. The van der Waals surface area contributed by atoms with Gasteiger partial charge in [-0.2, -0.15) is 0 Å². The Bertz CT molecular complexity index is 521. The topological polar surface area (TPSA) is 71.1 Å². The zero-order valence-corrected chi connectivity index (χ0v) is 15.1. The normalized spacial score (nSPS) is 50.5. The Morgan fingerprint density at radius 3 is 2.96 bits per heavy atom. The number of hydrogen-bond donors (Lipinski definition) is 2. The minimum absolute atomic E-state index is 0.00873. The first-order chi connectivity index (χ1) is 11.5. The number of carbonyl (C=O) groups excluding carboxylic acids is 1. The fourth-order valence-electron chi connectivity index (χ4n) is 6.10. The molecule has 0 bridgehead atoms. The summed E-state index contributed by atoms with van der Waals surface area (Å²) in [4.78, 5) is 12.5. The summed E-state index contributed by atoms with van der Waals surface area (Å²) in [6.07, 6.45) is 5.63. The second-order valence-electron chi connectivity index (χ2n) is 8.74. The number of rotatable bonds is 5. The lowest BCUT2D eigenvalue weighted by Crippen LogP contribution is -2.54. The average molecular weight is 337 g/mol. The Balaban J connectivity index is 1.54. The first-order valence-corrected chi connectivity index (χ1v) is 9.69. The van der Waals surface area contributed by atoms with Crippen molar-refractivity contribution in [2.24, 2.45) is 23.2 Å². The highest BCUT2D eigenvalue weighted by atomic mass is 16.6. The van der Waals surface area contributed by atoms with Crippen LogP contribution in [0.3, 0.4) is 0 Å². The molecule has 2 aliphatic carbocycles. The van der Waals surface area contributed by atoms with Gasteiger partial charge in [0.1, 0.15) is 11.7 Å². The number of hydrogen-bond acceptors (Lipinski definition) is 5. The molecule has 0 aromatic heterocycles. The van der Waals surface area contributed by atoms with E-state index in [1.54, 1.807) is 0 Å². The van der Waals surface area contributed by atoms with Crippen molar-refractivity contribution in [2.45, 2.75) is 76.7 Å². The van der Waals surface area contributed by atoms with Crippen LogP contribution in [-0.4, -0.2) is 48.1 Å². The number of esters is 1. The van der Waals surface area contributed by atoms with Gasteiger partial charge in [0, 0.05) is 23.9 Å². The number of nitrogens with one attached hydrogen (secondary N) is 1. The lowest BCUT2D eigenvalue weighted by Gasteiger charge is -2.48. The van der Waals surface area contributed by atoms with Crippen LogP contribution < -0.4 is 5.32 Å². The molecule has 2 N–H and O–H groups in total. The quantitative estimate of drug-likeness (QED) is 0.592. The smallest absolute Gasteiger partial charge is 0.311 e. The van der Waals surface area contributed by atoms with Crippen molar-refractivity contribution in [3.05, 3.63) is 0 Å². The molecule has 4 aliphatic rings. The predicted molar refractivity (Wildman–Crippen MR) is 89.4 cm³/mol. The number of fused-ring (bicyclic) bond motifs is 2. The molecule has 1 spiro atoms. The van der Waals surface area contributed by atoms with E-state index in [4.69, 9.17) is 9.47 Å². The molecule has 0 amide bonds. The summed E-state index contributed by atoms with van der Waals surface area (Å²) in [6, 6.07) is 0.0494. The zero-order valence-electron chi connectivity index (χ0n) is 15.1. The fraction of sp³-hybridized carbons (Fsp3) is 0.947. The summed E-state index contributed by atoms with van der Waals surface area (Å²) >= 11 is 0. The molecule has 5 heteroatoms. The van der Waals surface area contributed by atoms with Crippen LogP contribution >= 0.6 is 0 Å². The second-order valence-corrected chi connectivity index (χ2v) is 8.74. The van der Waals surface area contributed by atoms with Gasteiger partial charge in [0.05, 0.1) is 18.6 Å². The molecule has 8 atom stereocenters. The Morgan fingerprint density at radius 1 is 1.46 bits per heavy atom. The van der Waals surface area contributed by atoms with Crippen LogP contribution in [-0.2, 0) is 14.3 Å². The van der Waals surface area contributed by atoms with Crippen LogP contribution in [0.15, 0.2) is 0 Å². The number of ether oxygens (including phenoxy) is 2. The minimum Gasteiger partial charge on any atom is -0.462 e. The van der Waals surface area contributed by atoms with Gasteiger partial charge in [-0.3, -0.25) is 4.79 Å². The number of carbonyl (C=O) groups is 1. The third-order valence-electron chi connectivity index (χ3n) is 7.53. The molecular formula is C19H31NO4. The van der Waals surface area contributed by atoms with Crippen molar-refractivity contribution in [3.8, 4) is 0 Å². The Labute approximate surface area is 144 Å². The molecule has 0 aromatic rings. The van der Waals surface area contributed by atoms with Crippen molar-refractivity contribution >= 4 is 5.97 Å². The summed E-state index contributed by atoms with van der Waals surface area (Å²) in [7, 11) is 0. The van der Waals surface area contributed by atoms with Gasteiger partial charge in [-0.15, -0.1) is 0 Å². The van der Waals surface area contributed by atoms with E-state index in [2.05, 4.69) is 19.2 Å². The van der Waals surface area contributed by atoms with Crippen molar-refractivity contribution < 1.29 is 19.4 Å². The van der Waals surface area contributed by atoms with E-state index in [0.717, 1.165) is 12.8 Å². The van der Waals surface area contributed by atoms with Gasteiger partial charge in [-0.05, 0) is 31.6 Å². The molecule has 2 saturated heterocycles. The van der Waals surface area contributed by atoms with E-state index in [1.165, 1.54) is 19.3 Å². The highest BCUT2D eigenvalue weighted by molar-refractivity contribution is 5.76. The van der Waals surface area contributed by atoms with E-state index in [-0.39, 0.29) is 53.7 Å². The summed E-state index contributed by atoms with van der Waals surface area (Å²) < 4.78 is 12.2. The van der Waals surface area contributed by atoms with Crippen LogP contribution in [0.5, 0.6) is 0 Å². The molecule has 5 nitrogen and oxygen atoms in total. The molecule has 24 heavy (non-hydrogen) atoms. The lowest BCUT2D eigenvalue weighted by atomic mass is 9.53. The minimum atomic E-state index is -0.140. The first-order valence-electron chi connectivity index (χ1n) is 9.69. The molecular weight excluding hydrogens is 306 g/mol. The number of epoxide rings is 1. The molecule has 2 aliphatic heterocycles. The van der Waals surface area contributed by atoms with Crippen molar-refractivity contribution in [3.63, 3.8) is 0 Å². The Morgan fingerprint density at radius 2 is 2.25 bits per heavy atom. The van der Waals surface area contributed by atoms with Crippen LogP contribution in [0.2, 0.25) is 0 Å². The van der Waals surface area contributed by atoms with Crippen molar-refractivity contribution in [2.75, 3.05) is 13.2 Å². The summed E-state index contributed by atoms with van der Waals surface area (Å²) in [5, 5.41) is 12.7. The SMILES string of the molecule is CC[C@@H](CO)NC[C@H]1C(=O)O[C@@H]2C[C@@]3(C)CCC[C@H](C)[C@@]34O[C@H]4[C@@H]21. The van der Waals surface area contributed by atoms with Crippen LogP contribution in [0, 0.1) is 23.2 Å². The van der Waals surface area contributed by atoms with Gasteiger partial charge in [0.2, 0.25) is 0 Å². The maximum atomic E-state index is 12.5. The van der Waals surface area contributed by atoms with Gasteiger partial charge >= 0.3 is 5.97 Å². The molecule has 0 aromatic carbocycles. The van der Waals surface area contributed by atoms with E-state index in [0.29, 0.717) is 12.5 Å². The summed E-state index contributed by atoms with van der Waals surface area (Å²) in [6.45, 7) is 7.39.